The number of nitriles is 1. The van der Waals surface area contributed by atoms with Gasteiger partial charge in [0.25, 0.3) is 11.5 Å². The molecule has 130 valence electrons. The molecule has 0 unspecified atom stereocenters. The summed E-state index contributed by atoms with van der Waals surface area (Å²) in [6, 6.07) is 3.15. The van der Waals surface area contributed by atoms with Crippen molar-refractivity contribution in [1.29, 1.82) is 5.26 Å². The molecule has 2 rings (SSSR count). The van der Waals surface area contributed by atoms with E-state index >= 15 is 0 Å². The van der Waals surface area contributed by atoms with Gasteiger partial charge in [-0.05, 0) is 32.3 Å². The van der Waals surface area contributed by atoms with Crippen LogP contribution in [-0.2, 0) is 4.74 Å². The second kappa shape index (κ2) is 7.60. The number of hydrogen-bond acceptors (Lipinski definition) is 5. The molecule has 7 heteroatoms. The lowest BCUT2D eigenvalue weighted by Crippen LogP contribution is -2.48. The van der Waals surface area contributed by atoms with Gasteiger partial charge in [-0.2, -0.15) is 5.26 Å². The molecule has 1 amide bonds. The lowest BCUT2D eigenvalue weighted by Gasteiger charge is -2.42. The molecule has 2 heterocycles. The van der Waals surface area contributed by atoms with E-state index in [1.807, 2.05) is 0 Å². The fourth-order valence-corrected chi connectivity index (χ4v) is 3.21. The first-order chi connectivity index (χ1) is 11.5. The number of aromatic nitrogens is 1. The van der Waals surface area contributed by atoms with Crippen molar-refractivity contribution >= 4 is 5.91 Å². The summed E-state index contributed by atoms with van der Waals surface area (Å²) in [5.74, 6) is -0.227. The molecular formula is C17H23N3O4. The zero-order chi connectivity index (χ0) is 17.7. The van der Waals surface area contributed by atoms with Crippen LogP contribution in [0.2, 0.25) is 0 Å². The number of amides is 1. The highest BCUT2D eigenvalue weighted by Gasteiger charge is 2.37. The molecule has 1 atom stereocenters. The van der Waals surface area contributed by atoms with Crippen molar-refractivity contribution in [2.24, 2.45) is 5.41 Å². The Bertz CT molecular complexity index is 707. The van der Waals surface area contributed by atoms with Crippen LogP contribution in [0.4, 0.5) is 0 Å². The summed E-state index contributed by atoms with van der Waals surface area (Å²) in [7, 11) is 1.61. The van der Waals surface area contributed by atoms with Gasteiger partial charge in [0.1, 0.15) is 11.6 Å². The molecule has 1 aliphatic heterocycles. The number of H-pyrrole nitrogens is 1. The standard InChI is InChI=1S/C17H23N3O4/c1-12-14(8-13(9-18)15(22)19-12)16(23)20-6-3-4-17(10-20,11-21)5-7-24-2/h8,21H,3-7,10-11H2,1-2H3,(H,19,22)/t17-/m0/s1. The highest BCUT2D eigenvalue weighted by molar-refractivity contribution is 5.95. The van der Waals surface area contributed by atoms with Crippen molar-refractivity contribution in [3.8, 4) is 6.07 Å². The first-order valence-corrected chi connectivity index (χ1v) is 7.99. The van der Waals surface area contributed by atoms with Gasteiger partial charge in [0.2, 0.25) is 0 Å². The Kier molecular flexibility index (Phi) is 5.75. The second-order valence-corrected chi connectivity index (χ2v) is 6.39. The Morgan fingerprint density at radius 1 is 1.58 bits per heavy atom. The minimum absolute atomic E-state index is 0.00576. The number of nitrogens with zero attached hydrogens (tertiary/aromatic N) is 2. The minimum atomic E-state index is -0.491. The Balaban J connectivity index is 2.26. The predicted molar refractivity (Wildman–Crippen MR) is 87.7 cm³/mol. The smallest absolute Gasteiger partial charge is 0.266 e. The number of aliphatic hydroxyl groups excluding tert-OH is 1. The maximum atomic E-state index is 12.9. The van der Waals surface area contributed by atoms with Crippen molar-refractivity contribution in [2.45, 2.75) is 26.2 Å². The molecule has 24 heavy (non-hydrogen) atoms. The van der Waals surface area contributed by atoms with Gasteiger partial charge in [0, 0.05) is 37.9 Å². The number of piperidine rings is 1. The van der Waals surface area contributed by atoms with Crippen molar-refractivity contribution < 1.29 is 14.6 Å². The number of nitrogens with one attached hydrogen (secondary N) is 1. The number of rotatable bonds is 5. The normalized spacial score (nSPS) is 20.7. The van der Waals surface area contributed by atoms with Gasteiger partial charge in [-0.15, -0.1) is 0 Å². The van der Waals surface area contributed by atoms with E-state index in [0.29, 0.717) is 37.4 Å². The zero-order valence-electron chi connectivity index (χ0n) is 14.1. The Morgan fingerprint density at radius 3 is 2.96 bits per heavy atom. The Morgan fingerprint density at radius 2 is 2.33 bits per heavy atom. The van der Waals surface area contributed by atoms with E-state index in [9.17, 15) is 14.7 Å². The van der Waals surface area contributed by atoms with E-state index < -0.39 is 5.56 Å². The van der Waals surface area contributed by atoms with Crippen LogP contribution in [0.1, 0.15) is 40.9 Å². The Hall–Kier alpha value is -2.17. The SMILES string of the molecule is COCC[C@@]1(CO)CCCN(C(=O)c2cc(C#N)c(=O)[nH]c2C)C1. The van der Waals surface area contributed by atoms with Crippen molar-refractivity contribution in [3.63, 3.8) is 0 Å². The Labute approximate surface area is 140 Å². The molecule has 0 aliphatic carbocycles. The average molecular weight is 333 g/mol. The average Bonchev–Trinajstić information content (AvgIpc) is 2.60. The topological polar surface area (TPSA) is 106 Å². The number of aryl methyl sites for hydroxylation is 1. The largest absolute Gasteiger partial charge is 0.396 e. The number of carbonyl (C=O) groups excluding carboxylic acids is 1. The van der Waals surface area contributed by atoms with Gasteiger partial charge in [-0.3, -0.25) is 9.59 Å². The zero-order valence-corrected chi connectivity index (χ0v) is 14.1. The fraction of sp³-hybridized carbons (Fsp3) is 0.588. The van der Waals surface area contributed by atoms with Crippen LogP contribution in [0.3, 0.4) is 0 Å². The molecule has 7 nitrogen and oxygen atoms in total. The molecule has 1 aliphatic rings. The van der Waals surface area contributed by atoms with Crippen molar-refractivity contribution in [3.05, 3.63) is 33.2 Å². The van der Waals surface area contributed by atoms with Crippen LogP contribution in [0, 0.1) is 23.7 Å². The third kappa shape index (κ3) is 3.66. The van der Waals surface area contributed by atoms with E-state index in [1.165, 1.54) is 6.07 Å². The van der Waals surface area contributed by atoms with E-state index in [0.717, 1.165) is 12.8 Å². The summed E-state index contributed by atoms with van der Waals surface area (Å²) in [5.41, 5.74) is -0.158. The number of hydrogen-bond donors (Lipinski definition) is 2. The molecule has 0 spiro atoms. The summed E-state index contributed by atoms with van der Waals surface area (Å²) >= 11 is 0. The van der Waals surface area contributed by atoms with Crippen LogP contribution in [0.25, 0.3) is 0 Å². The van der Waals surface area contributed by atoms with Gasteiger partial charge in [0.05, 0.1) is 12.2 Å². The molecule has 2 N–H and O–H groups in total. The number of pyridine rings is 1. The van der Waals surface area contributed by atoms with Crippen molar-refractivity contribution in [2.75, 3.05) is 33.4 Å². The molecule has 0 radical (unpaired) electrons. The number of carbonyl (C=O) groups is 1. The molecular weight excluding hydrogens is 310 g/mol. The third-order valence-corrected chi connectivity index (χ3v) is 4.71. The first-order valence-electron chi connectivity index (χ1n) is 7.99. The monoisotopic (exact) mass is 333 g/mol. The number of methoxy groups -OCH3 is 1. The van der Waals surface area contributed by atoms with Gasteiger partial charge in [0.15, 0.2) is 0 Å². The van der Waals surface area contributed by atoms with E-state index in [1.54, 1.807) is 25.0 Å². The number of aliphatic hydroxyl groups is 1. The van der Waals surface area contributed by atoms with Crippen LogP contribution < -0.4 is 5.56 Å². The number of ether oxygens (including phenoxy) is 1. The van der Waals surface area contributed by atoms with Crippen LogP contribution >= 0.6 is 0 Å². The van der Waals surface area contributed by atoms with Crippen LogP contribution in [0.5, 0.6) is 0 Å². The van der Waals surface area contributed by atoms with Gasteiger partial charge >= 0.3 is 0 Å². The molecule has 0 aromatic carbocycles. The minimum Gasteiger partial charge on any atom is -0.396 e. The molecule has 1 saturated heterocycles. The lowest BCUT2D eigenvalue weighted by molar-refractivity contribution is 0.00893. The highest BCUT2D eigenvalue weighted by atomic mass is 16.5. The summed E-state index contributed by atoms with van der Waals surface area (Å²) in [6.45, 7) is 3.19. The summed E-state index contributed by atoms with van der Waals surface area (Å²) in [6.07, 6.45) is 2.31. The summed E-state index contributed by atoms with van der Waals surface area (Å²) < 4.78 is 5.12. The van der Waals surface area contributed by atoms with Gasteiger partial charge in [-0.1, -0.05) is 0 Å². The molecule has 1 fully saturated rings. The van der Waals surface area contributed by atoms with E-state index in [-0.39, 0.29) is 23.5 Å². The summed E-state index contributed by atoms with van der Waals surface area (Å²) in [5, 5.41) is 18.8. The third-order valence-electron chi connectivity index (χ3n) is 4.71. The van der Waals surface area contributed by atoms with Gasteiger partial charge < -0.3 is 19.7 Å². The van der Waals surface area contributed by atoms with Crippen molar-refractivity contribution in [1.82, 2.24) is 9.88 Å². The lowest BCUT2D eigenvalue weighted by atomic mass is 9.78. The highest BCUT2D eigenvalue weighted by Crippen LogP contribution is 2.33. The maximum absolute atomic E-state index is 12.9. The van der Waals surface area contributed by atoms with Crippen LogP contribution in [0.15, 0.2) is 10.9 Å². The van der Waals surface area contributed by atoms with Crippen LogP contribution in [-0.4, -0.2) is 54.3 Å². The fourth-order valence-electron chi connectivity index (χ4n) is 3.21. The first kappa shape index (κ1) is 18.2. The number of likely N-dealkylation sites (tertiary alicyclic amines) is 1. The molecule has 0 saturated carbocycles. The maximum Gasteiger partial charge on any atom is 0.266 e. The predicted octanol–water partition coefficient (Wildman–Crippen LogP) is 0.806. The molecule has 1 aromatic heterocycles. The summed E-state index contributed by atoms with van der Waals surface area (Å²) in [4.78, 5) is 28.7. The molecule has 0 bridgehead atoms. The van der Waals surface area contributed by atoms with E-state index in [4.69, 9.17) is 10.00 Å². The quantitative estimate of drug-likeness (QED) is 0.829. The molecule has 1 aromatic rings. The second-order valence-electron chi connectivity index (χ2n) is 6.39. The van der Waals surface area contributed by atoms with E-state index in [2.05, 4.69) is 4.98 Å². The van der Waals surface area contributed by atoms with Gasteiger partial charge in [-0.25, -0.2) is 0 Å². The number of aromatic amines is 1.